The molecule has 1 aliphatic heterocycles. The lowest BCUT2D eigenvalue weighted by atomic mass is 10.1. The molecular weight excluding hydrogens is 394 g/mol. The first-order chi connectivity index (χ1) is 13.4. The number of likely N-dealkylation sites (N-methyl/N-ethyl adjacent to an activating group) is 1. The fraction of sp³-hybridized carbons (Fsp3) is 0.450. The van der Waals surface area contributed by atoms with E-state index in [2.05, 4.69) is 10.2 Å². The smallest absolute Gasteiger partial charge is 0.267 e. The molecule has 0 atom stereocenters. The molecule has 3 rings (SSSR count). The number of piperidine rings is 1. The van der Waals surface area contributed by atoms with Crippen molar-refractivity contribution in [3.63, 3.8) is 0 Å². The first kappa shape index (κ1) is 21.0. The monoisotopic (exact) mass is 421 g/mol. The number of anilines is 1. The van der Waals surface area contributed by atoms with Crippen LogP contribution in [0.3, 0.4) is 0 Å². The van der Waals surface area contributed by atoms with Crippen LogP contribution in [-0.4, -0.2) is 57.3 Å². The molecule has 0 spiro atoms. The maximum Gasteiger partial charge on any atom is 0.267 e. The molecule has 2 aromatic rings. The van der Waals surface area contributed by atoms with Crippen molar-refractivity contribution in [1.29, 1.82) is 0 Å². The summed E-state index contributed by atoms with van der Waals surface area (Å²) in [6.07, 6.45) is 3.72. The molecule has 8 heteroatoms. The van der Waals surface area contributed by atoms with Gasteiger partial charge in [-0.3, -0.25) is 4.79 Å². The highest BCUT2D eigenvalue weighted by Crippen LogP contribution is 2.28. The van der Waals surface area contributed by atoms with Gasteiger partial charge >= 0.3 is 0 Å². The molecule has 2 heterocycles. The van der Waals surface area contributed by atoms with Crippen LogP contribution in [0, 0.1) is 0 Å². The van der Waals surface area contributed by atoms with E-state index >= 15 is 0 Å². The van der Waals surface area contributed by atoms with Crippen LogP contribution in [0.1, 0.15) is 34.5 Å². The Balaban J connectivity index is 1.71. The molecule has 6 nitrogen and oxygen atoms in total. The fourth-order valence-electron chi connectivity index (χ4n) is 3.21. The van der Waals surface area contributed by atoms with E-state index in [1.807, 2.05) is 38.4 Å². The first-order valence-electron chi connectivity index (χ1n) is 9.50. The Kier molecular flexibility index (Phi) is 6.87. The third-order valence-electron chi connectivity index (χ3n) is 4.83. The van der Waals surface area contributed by atoms with Crippen molar-refractivity contribution < 1.29 is 13.2 Å². The van der Waals surface area contributed by atoms with Gasteiger partial charge in [-0.05, 0) is 62.5 Å². The number of amides is 1. The van der Waals surface area contributed by atoms with E-state index in [1.54, 1.807) is 5.38 Å². The molecule has 0 bridgehead atoms. The standard InChI is InChI=1S/C20H27N3O3S2/c1-22(2)14-10-16-6-8-17(9-7-16)21-20(24)19-18(11-15-27-19)28(25,26)23-12-4-3-5-13-23/h6-9,11,15H,3-5,10,12-14H2,1-2H3,(H,21,24). The van der Waals surface area contributed by atoms with E-state index < -0.39 is 10.0 Å². The number of carbonyl (C=O) groups excluding carboxylic acids is 1. The molecule has 1 amide bonds. The van der Waals surface area contributed by atoms with Gasteiger partial charge in [0.1, 0.15) is 9.77 Å². The molecule has 1 aliphatic rings. The molecular formula is C20H27N3O3S2. The lowest BCUT2D eigenvalue weighted by Gasteiger charge is -2.25. The van der Waals surface area contributed by atoms with Gasteiger partial charge in [-0.1, -0.05) is 18.6 Å². The second-order valence-corrected chi connectivity index (χ2v) is 10.1. The number of benzene rings is 1. The second kappa shape index (κ2) is 9.17. The average molecular weight is 422 g/mol. The Bertz CT molecular complexity index is 899. The van der Waals surface area contributed by atoms with Gasteiger partial charge in [-0.25, -0.2) is 8.42 Å². The molecule has 1 saturated heterocycles. The third kappa shape index (κ3) is 5.00. The molecule has 0 aliphatic carbocycles. The van der Waals surface area contributed by atoms with E-state index in [4.69, 9.17) is 0 Å². The summed E-state index contributed by atoms with van der Waals surface area (Å²) in [6.45, 7) is 2.00. The predicted molar refractivity (Wildman–Crippen MR) is 114 cm³/mol. The van der Waals surface area contributed by atoms with E-state index in [0.29, 0.717) is 18.8 Å². The highest BCUT2D eigenvalue weighted by molar-refractivity contribution is 7.89. The SMILES string of the molecule is CN(C)CCc1ccc(NC(=O)c2sccc2S(=O)(=O)N2CCCCC2)cc1. The minimum atomic E-state index is -3.63. The van der Waals surface area contributed by atoms with Crippen LogP contribution in [-0.2, 0) is 16.4 Å². The average Bonchev–Trinajstić information content (AvgIpc) is 3.19. The second-order valence-electron chi connectivity index (χ2n) is 7.28. The van der Waals surface area contributed by atoms with E-state index in [-0.39, 0.29) is 15.7 Å². The summed E-state index contributed by atoms with van der Waals surface area (Å²) in [7, 11) is 0.435. The highest BCUT2D eigenvalue weighted by atomic mass is 32.2. The molecule has 152 valence electrons. The van der Waals surface area contributed by atoms with Gasteiger partial charge in [0.2, 0.25) is 10.0 Å². The van der Waals surface area contributed by atoms with Gasteiger partial charge in [-0.2, -0.15) is 4.31 Å². The summed E-state index contributed by atoms with van der Waals surface area (Å²) in [4.78, 5) is 15.2. The van der Waals surface area contributed by atoms with Gasteiger partial charge < -0.3 is 10.2 Å². The molecule has 28 heavy (non-hydrogen) atoms. The summed E-state index contributed by atoms with van der Waals surface area (Å²) >= 11 is 1.16. The Morgan fingerprint density at radius 3 is 2.43 bits per heavy atom. The largest absolute Gasteiger partial charge is 0.321 e. The van der Waals surface area contributed by atoms with Crippen LogP contribution >= 0.6 is 11.3 Å². The van der Waals surface area contributed by atoms with Crippen molar-refractivity contribution in [2.45, 2.75) is 30.6 Å². The lowest BCUT2D eigenvalue weighted by Crippen LogP contribution is -2.36. The molecule has 1 N–H and O–H groups in total. The quantitative estimate of drug-likeness (QED) is 0.745. The number of nitrogens with zero attached hydrogens (tertiary/aromatic N) is 2. The molecule has 1 fully saturated rings. The van der Waals surface area contributed by atoms with E-state index in [0.717, 1.165) is 43.6 Å². The lowest BCUT2D eigenvalue weighted by molar-refractivity contribution is 0.102. The Morgan fingerprint density at radius 2 is 1.79 bits per heavy atom. The zero-order valence-electron chi connectivity index (χ0n) is 16.3. The maximum absolute atomic E-state index is 12.9. The molecule has 1 aromatic heterocycles. The number of hydrogen-bond acceptors (Lipinski definition) is 5. The third-order valence-corrected chi connectivity index (χ3v) is 7.81. The van der Waals surface area contributed by atoms with Crippen molar-refractivity contribution in [2.75, 3.05) is 39.0 Å². The summed E-state index contributed by atoms with van der Waals surface area (Å²) < 4.78 is 27.4. The molecule has 0 saturated carbocycles. The zero-order valence-corrected chi connectivity index (χ0v) is 18.0. The molecule has 1 aromatic carbocycles. The maximum atomic E-state index is 12.9. The van der Waals surface area contributed by atoms with Crippen LogP contribution in [0.15, 0.2) is 40.6 Å². The summed E-state index contributed by atoms with van der Waals surface area (Å²) in [5.41, 5.74) is 1.85. The number of sulfonamides is 1. The van der Waals surface area contributed by atoms with Crippen LogP contribution in [0.4, 0.5) is 5.69 Å². The fourth-order valence-corrected chi connectivity index (χ4v) is 6.02. The zero-order chi connectivity index (χ0) is 20.1. The topological polar surface area (TPSA) is 69.7 Å². The number of hydrogen-bond donors (Lipinski definition) is 1. The Morgan fingerprint density at radius 1 is 1.11 bits per heavy atom. The van der Waals surface area contributed by atoms with Crippen LogP contribution in [0.5, 0.6) is 0 Å². The van der Waals surface area contributed by atoms with Gasteiger partial charge in [0.05, 0.1) is 0 Å². The van der Waals surface area contributed by atoms with Gasteiger partial charge in [0, 0.05) is 25.3 Å². The predicted octanol–water partition coefficient (Wildman–Crippen LogP) is 3.28. The number of nitrogens with one attached hydrogen (secondary N) is 1. The van der Waals surface area contributed by atoms with Crippen molar-refractivity contribution in [3.05, 3.63) is 46.2 Å². The van der Waals surface area contributed by atoms with Crippen LogP contribution < -0.4 is 5.32 Å². The number of carbonyl (C=O) groups is 1. The van der Waals surface area contributed by atoms with Crippen molar-refractivity contribution >= 4 is 33.0 Å². The van der Waals surface area contributed by atoms with Crippen LogP contribution in [0.2, 0.25) is 0 Å². The molecule has 0 radical (unpaired) electrons. The van der Waals surface area contributed by atoms with Gasteiger partial charge in [0.15, 0.2) is 0 Å². The molecule has 0 unspecified atom stereocenters. The minimum absolute atomic E-state index is 0.111. The normalized spacial score (nSPS) is 15.7. The van der Waals surface area contributed by atoms with E-state index in [1.165, 1.54) is 15.9 Å². The minimum Gasteiger partial charge on any atom is -0.321 e. The summed E-state index contributed by atoms with van der Waals surface area (Å²) in [6, 6.07) is 9.22. The summed E-state index contributed by atoms with van der Waals surface area (Å²) in [5, 5.41) is 4.49. The Labute approximate surface area is 171 Å². The van der Waals surface area contributed by atoms with Crippen molar-refractivity contribution in [3.8, 4) is 0 Å². The Hall–Kier alpha value is -1.74. The van der Waals surface area contributed by atoms with Crippen LogP contribution in [0.25, 0.3) is 0 Å². The van der Waals surface area contributed by atoms with Crippen molar-refractivity contribution in [1.82, 2.24) is 9.21 Å². The number of rotatable bonds is 7. The van der Waals surface area contributed by atoms with Gasteiger partial charge in [0.25, 0.3) is 5.91 Å². The first-order valence-corrected chi connectivity index (χ1v) is 11.8. The highest BCUT2D eigenvalue weighted by Gasteiger charge is 2.31. The van der Waals surface area contributed by atoms with Gasteiger partial charge in [-0.15, -0.1) is 11.3 Å². The summed E-state index contributed by atoms with van der Waals surface area (Å²) in [5.74, 6) is -0.383. The van der Waals surface area contributed by atoms with E-state index in [9.17, 15) is 13.2 Å². The number of thiophene rings is 1. The van der Waals surface area contributed by atoms with Crippen molar-refractivity contribution in [2.24, 2.45) is 0 Å².